The number of carboxylic acids is 1. The summed E-state index contributed by atoms with van der Waals surface area (Å²) in [6.45, 7) is 2.17. The number of furan rings is 1. The Morgan fingerprint density at radius 3 is 2.45 bits per heavy atom. The molecule has 20 heavy (non-hydrogen) atoms. The molecule has 1 aromatic heterocycles. The summed E-state index contributed by atoms with van der Waals surface area (Å²) >= 11 is 0. The zero-order valence-corrected chi connectivity index (χ0v) is 11.1. The van der Waals surface area contributed by atoms with Gasteiger partial charge < -0.3 is 14.8 Å². The van der Waals surface area contributed by atoms with Crippen molar-refractivity contribution in [1.82, 2.24) is 5.32 Å². The Morgan fingerprint density at radius 1 is 1.15 bits per heavy atom. The molecule has 0 unspecified atom stereocenters. The maximum absolute atomic E-state index is 11.7. The summed E-state index contributed by atoms with van der Waals surface area (Å²) < 4.78 is 5.05. The molecule has 0 fully saturated rings. The van der Waals surface area contributed by atoms with E-state index in [0.717, 1.165) is 11.1 Å². The smallest absolute Gasteiger partial charge is 0.371 e. The number of amides is 1. The maximum atomic E-state index is 11.7. The first-order valence-electron chi connectivity index (χ1n) is 6.19. The minimum absolute atomic E-state index is 0.132. The predicted molar refractivity (Wildman–Crippen MR) is 72.4 cm³/mol. The van der Waals surface area contributed by atoms with E-state index in [2.05, 4.69) is 5.32 Å². The van der Waals surface area contributed by atoms with Crippen molar-refractivity contribution in [3.63, 3.8) is 0 Å². The molecule has 0 atom stereocenters. The standard InChI is InChI=1S/C15H15NO4/c1-10-2-4-11(5-3-10)8-14(17)16-9-12-6-7-13(20-12)15(18)19/h2-7H,8-9H2,1H3,(H,16,17)(H,18,19). The van der Waals surface area contributed by atoms with Crippen LogP contribution in [-0.2, 0) is 17.8 Å². The lowest BCUT2D eigenvalue weighted by atomic mass is 10.1. The molecule has 1 heterocycles. The molecule has 1 amide bonds. The third-order valence-electron chi connectivity index (χ3n) is 2.82. The second kappa shape index (κ2) is 6.06. The first kappa shape index (κ1) is 13.9. The number of nitrogens with one attached hydrogen (secondary N) is 1. The molecule has 0 spiro atoms. The molecule has 0 saturated carbocycles. The fraction of sp³-hybridized carbons (Fsp3) is 0.200. The lowest BCUT2D eigenvalue weighted by Gasteiger charge is -2.04. The van der Waals surface area contributed by atoms with Gasteiger partial charge in [-0.25, -0.2) is 4.79 Å². The first-order chi connectivity index (χ1) is 9.54. The van der Waals surface area contributed by atoms with Crippen LogP contribution in [-0.4, -0.2) is 17.0 Å². The van der Waals surface area contributed by atoms with Gasteiger partial charge in [-0.1, -0.05) is 29.8 Å². The van der Waals surface area contributed by atoms with Crippen LogP contribution in [0.15, 0.2) is 40.8 Å². The van der Waals surface area contributed by atoms with Gasteiger partial charge in [0.1, 0.15) is 5.76 Å². The van der Waals surface area contributed by atoms with Gasteiger partial charge in [0.05, 0.1) is 13.0 Å². The second-order valence-corrected chi connectivity index (χ2v) is 4.51. The molecule has 2 rings (SSSR count). The third-order valence-corrected chi connectivity index (χ3v) is 2.82. The molecule has 104 valence electrons. The normalized spacial score (nSPS) is 10.2. The van der Waals surface area contributed by atoms with Crippen LogP contribution in [0.5, 0.6) is 0 Å². The van der Waals surface area contributed by atoms with Crippen LogP contribution in [0.4, 0.5) is 0 Å². The quantitative estimate of drug-likeness (QED) is 0.874. The Kier molecular flexibility index (Phi) is 4.20. The van der Waals surface area contributed by atoms with Crippen LogP contribution < -0.4 is 5.32 Å². The predicted octanol–water partition coefficient (Wildman–Crippen LogP) is 2.15. The van der Waals surface area contributed by atoms with Gasteiger partial charge in [-0.05, 0) is 24.6 Å². The van der Waals surface area contributed by atoms with Crippen molar-refractivity contribution >= 4 is 11.9 Å². The Balaban J connectivity index is 1.85. The van der Waals surface area contributed by atoms with Gasteiger partial charge in [0.2, 0.25) is 11.7 Å². The fourth-order valence-electron chi connectivity index (χ4n) is 1.73. The summed E-state index contributed by atoms with van der Waals surface area (Å²) in [4.78, 5) is 22.4. The number of benzene rings is 1. The molecule has 0 bridgehead atoms. The zero-order chi connectivity index (χ0) is 14.5. The van der Waals surface area contributed by atoms with Crippen molar-refractivity contribution in [2.45, 2.75) is 19.9 Å². The summed E-state index contributed by atoms with van der Waals surface area (Å²) in [7, 11) is 0. The molecule has 0 saturated heterocycles. The molecular formula is C15H15NO4. The monoisotopic (exact) mass is 273 g/mol. The van der Waals surface area contributed by atoms with E-state index in [0.29, 0.717) is 5.76 Å². The SMILES string of the molecule is Cc1ccc(CC(=O)NCc2ccc(C(=O)O)o2)cc1. The van der Waals surface area contributed by atoms with E-state index >= 15 is 0 Å². The molecule has 5 heteroatoms. The number of carbonyl (C=O) groups is 2. The molecular weight excluding hydrogens is 258 g/mol. The summed E-state index contributed by atoms with van der Waals surface area (Å²) in [5.41, 5.74) is 2.07. The Hall–Kier alpha value is -2.56. The van der Waals surface area contributed by atoms with Crippen LogP contribution >= 0.6 is 0 Å². The Labute approximate surface area is 116 Å². The second-order valence-electron chi connectivity index (χ2n) is 4.51. The highest BCUT2D eigenvalue weighted by Crippen LogP contribution is 2.08. The molecule has 0 radical (unpaired) electrons. The van der Waals surface area contributed by atoms with E-state index in [4.69, 9.17) is 9.52 Å². The van der Waals surface area contributed by atoms with Gasteiger partial charge in [0.15, 0.2) is 0 Å². The van der Waals surface area contributed by atoms with Crippen LogP contribution in [0.1, 0.15) is 27.4 Å². The van der Waals surface area contributed by atoms with Gasteiger partial charge in [-0.3, -0.25) is 4.79 Å². The summed E-state index contributed by atoms with van der Waals surface area (Å²) in [5.74, 6) is -0.975. The number of carbonyl (C=O) groups excluding carboxylic acids is 1. The topological polar surface area (TPSA) is 79.5 Å². The molecule has 1 aromatic carbocycles. The average molecular weight is 273 g/mol. The van der Waals surface area contributed by atoms with Crippen molar-refractivity contribution in [2.24, 2.45) is 0 Å². The number of aromatic carboxylic acids is 1. The van der Waals surface area contributed by atoms with Crippen molar-refractivity contribution in [1.29, 1.82) is 0 Å². The minimum atomic E-state index is -1.12. The van der Waals surface area contributed by atoms with Crippen LogP contribution in [0.3, 0.4) is 0 Å². The maximum Gasteiger partial charge on any atom is 0.371 e. The molecule has 2 N–H and O–H groups in total. The number of aryl methyl sites for hydroxylation is 1. The highest BCUT2D eigenvalue weighted by Gasteiger charge is 2.10. The van der Waals surface area contributed by atoms with Gasteiger partial charge >= 0.3 is 5.97 Å². The number of rotatable bonds is 5. The van der Waals surface area contributed by atoms with E-state index in [1.807, 2.05) is 31.2 Å². The number of carboxylic acid groups (broad SMARTS) is 1. The van der Waals surface area contributed by atoms with Crippen LogP contribution in [0, 0.1) is 6.92 Å². The summed E-state index contributed by atoms with van der Waals surface area (Å²) in [6, 6.07) is 10.6. The minimum Gasteiger partial charge on any atom is -0.475 e. The Bertz CT molecular complexity index is 613. The van der Waals surface area contributed by atoms with Crippen molar-refractivity contribution in [2.75, 3.05) is 0 Å². The van der Waals surface area contributed by atoms with Gasteiger partial charge in [0.25, 0.3) is 0 Å². The Morgan fingerprint density at radius 2 is 1.85 bits per heavy atom. The highest BCUT2D eigenvalue weighted by molar-refractivity contribution is 5.84. The zero-order valence-electron chi connectivity index (χ0n) is 11.1. The fourth-order valence-corrected chi connectivity index (χ4v) is 1.73. The molecule has 0 aliphatic rings. The third kappa shape index (κ3) is 3.71. The van der Waals surface area contributed by atoms with Crippen molar-refractivity contribution in [3.8, 4) is 0 Å². The van der Waals surface area contributed by atoms with Gasteiger partial charge in [0, 0.05) is 0 Å². The van der Waals surface area contributed by atoms with E-state index in [9.17, 15) is 9.59 Å². The lowest BCUT2D eigenvalue weighted by Crippen LogP contribution is -2.24. The molecule has 5 nitrogen and oxygen atoms in total. The van der Waals surface area contributed by atoms with Gasteiger partial charge in [-0.15, -0.1) is 0 Å². The molecule has 2 aromatic rings. The van der Waals surface area contributed by atoms with Gasteiger partial charge in [-0.2, -0.15) is 0 Å². The van der Waals surface area contributed by atoms with E-state index in [-0.39, 0.29) is 24.6 Å². The van der Waals surface area contributed by atoms with Crippen molar-refractivity contribution in [3.05, 3.63) is 59.0 Å². The lowest BCUT2D eigenvalue weighted by molar-refractivity contribution is -0.120. The van der Waals surface area contributed by atoms with E-state index in [1.54, 1.807) is 0 Å². The first-order valence-corrected chi connectivity index (χ1v) is 6.19. The summed E-state index contributed by atoms with van der Waals surface area (Å²) in [6.07, 6.45) is 0.285. The van der Waals surface area contributed by atoms with E-state index < -0.39 is 5.97 Å². The van der Waals surface area contributed by atoms with Crippen LogP contribution in [0.25, 0.3) is 0 Å². The van der Waals surface area contributed by atoms with Crippen molar-refractivity contribution < 1.29 is 19.1 Å². The number of hydrogen-bond donors (Lipinski definition) is 2. The van der Waals surface area contributed by atoms with E-state index in [1.165, 1.54) is 12.1 Å². The average Bonchev–Trinajstić information content (AvgIpc) is 2.88. The highest BCUT2D eigenvalue weighted by atomic mass is 16.4. The molecule has 0 aliphatic heterocycles. The summed E-state index contributed by atoms with van der Waals surface area (Å²) in [5, 5.41) is 11.4. The van der Waals surface area contributed by atoms with Crippen LogP contribution in [0.2, 0.25) is 0 Å². The molecule has 0 aliphatic carbocycles. The number of hydrogen-bond acceptors (Lipinski definition) is 3. The largest absolute Gasteiger partial charge is 0.475 e.